The van der Waals surface area contributed by atoms with E-state index in [-0.39, 0.29) is 6.04 Å². The number of hydrogen-bond donors (Lipinski definition) is 1. The summed E-state index contributed by atoms with van der Waals surface area (Å²) in [6, 6.07) is 0.251. The van der Waals surface area contributed by atoms with Gasteiger partial charge in [0.2, 0.25) is 0 Å². The molecule has 0 spiro atoms. The summed E-state index contributed by atoms with van der Waals surface area (Å²) in [4.78, 5) is 0. The van der Waals surface area contributed by atoms with E-state index in [1.807, 2.05) is 6.92 Å². The highest BCUT2D eigenvalue weighted by molar-refractivity contribution is 7.86. The van der Waals surface area contributed by atoms with E-state index in [0.29, 0.717) is 32.1 Å². The lowest BCUT2D eigenvalue weighted by atomic mass is 10.0. The third-order valence-corrected chi connectivity index (χ3v) is 5.57. The monoisotopic (exact) mass is 261 g/mol. The first-order chi connectivity index (χ1) is 8.00. The molecule has 0 aliphatic carbocycles. The van der Waals surface area contributed by atoms with Gasteiger partial charge in [0.25, 0.3) is 10.2 Å². The molecule has 0 amide bonds. The molecule has 2 aliphatic heterocycles. The molecule has 0 aromatic heterocycles. The van der Waals surface area contributed by atoms with Gasteiger partial charge < -0.3 is 5.32 Å². The van der Waals surface area contributed by atoms with E-state index in [2.05, 4.69) is 12.2 Å². The number of nitrogens with zero attached hydrogens (tertiary/aromatic N) is 2. The number of piperidine rings is 1. The predicted octanol–water partition coefficient (Wildman–Crippen LogP) is 0.257. The van der Waals surface area contributed by atoms with Crippen LogP contribution in [0.2, 0.25) is 0 Å². The summed E-state index contributed by atoms with van der Waals surface area (Å²) < 4.78 is 28.2. The summed E-state index contributed by atoms with van der Waals surface area (Å²) >= 11 is 0. The van der Waals surface area contributed by atoms with Gasteiger partial charge in [0.05, 0.1) is 0 Å². The molecule has 0 saturated carbocycles. The van der Waals surface area contributed by atoms with Crippen LogP contribution in [-0.4, -0.2) is 55.8 Å². The lowest BCUT2D eigenvalue weighted by Gasteiger charge is -2.37. The SMILES string of the molecule is CC1CCCN(S(=O)(=O)N2CCN[C@H](C)C2)C1. The molecule has 0 aromatic rings. The average molecular weight is 261 g/mol. The van der Waals surface area contributed by atoms with Crippen molar-refractivity contribution in [3.8, 4) is 0 Å². The van der Waals surface area contributed by atoms with Gasteiger partial charge in [-0.15, -0.1) is 0 Å². The first-order valence-electron chi connectivity index (χ1n) is 6.49. The van der Waals surface area contributed by atoms with Crippen LogP contribution in [-0.2, 0) is 10.2 Å². The van der Waals surface area contributed by atoms with Gasteiger partial charge in [-0.1, -0.05) is 6.92 Å². The Kier molecular flexibility index (Phi) is 4.07. The second-order valence-corrected chi connectivity index (χ2v) is 7.25. The maximum Gasteiger partial charge on any atom is 0.282 e. The smallest absolute Gasteiger partial charge is 0.282 e. The predicted molar refractivity (Wildman–Crippen MR) is 67.9 cm³/mol. The van der Waals surface area contributed by atoms with Gasteiger partial charge in [-0.3, -0.25) is 0 Å². The zero-order chi connectivity index (χ0) is 12.5. The molecule has 100 valence electrons. The van der Waals surface area contributed by atoms with Crippen LogP contribution in [0, 0.1) is 5.92 Å². The molecular formula is C11H23N3O2S. The molecule has 0 aromatic carbocycles. The van der Waals surface area contributed by atoms with Crippen molar-refractivity contribution in [2.24, 2.45) is 5.92 Å². The summed E-state index contributed by atoms with van der Waals surface area (Å²) in [6.45, 7) is 7.46. The number of rotatable bonds is 2. The first-order valence-corrected chi connectivity index (χ1v) is 7.88. The van der Waals surface area contributed by atoms with E-state index in [1.54, 1.807) is 8.61 Å². The van der Waals surface area contributed by atoms with Gasteiger partial charge in [0.15, 0.2) is 0 Å². The maximum absolute atomic E-state index is 12.5. The first kappa shape index (κ1) is 13.3. The fourth-order valence-electron chi connectivity index (χ4n) is 2.63. The summed E-state index contributed by atoms with van der Waals surface area (Å²) in [5.41, 5.74) is 0. The topological polar surface area (TPSA) is 52.7 Å². The summed E-state index contributed by atoms with van der Waals surface area (Å²) in [5, 5.41) is 3.27. The van der Waals surface area contributed by atoms with Crippen molar-refractivity contribution in [1.82, 2.24) is 13.9 Å². The van der Waals surface area contributed by atoms with Gasteiger partial charge in [0.1, 0.15) is 0 Å². The van der Waals surface area contributed by atoms with Crippen molar-refractivity contribution < 1.29 is 8.42 Å². The van der Waals surface area contributed by atoms with Crippen LogP contribution < -0.4 is 5.32 Å². The minimum atomic E-state index is -3.22. The molecular weight excluding hydrogens is 238 g/mol. The fraction of sp³-hybridized carbons (Fsp3) is 1.00. The Morgan fingerprint density at radius 1 is 1.12 bits per heavy atom. The van der Waals surface area contributed by atoms with E-state index in [1.165, 1.54) is 0 Å². The third-order valence-electron chi connectivity index (χ3n) is 3.60. The highest BCUT2D eigenvalue weighted by atomic mass is 32.2. The molecule has 2 atom stereocenters. The largest absolute Gasteiger partial charge is 0.312 e. The van der Waals surface area contributed by atoms with Crippen LogP contribution in [0.1, 0.15) is 26.7 Å². The van der Waals surface area contributed by atoms with Crippen LogP contribution in [0.3, 0.4) is 0 Å². The quantitative estimate of drug-likeness (QED) is 0.775. The Bertz CT molecular complexity index is 330. The summed E-state index contributed by atoms with van der Waals surface area (Å²) in [7, 11) is -3.22. The molecule has 2 saturated heterocycles. The van der Waals surface area contributed by atoms with Crippen molar-refractivity contribution in [2.75, 3.05) is 32.7 Å². The fourth-order valence-corrected chi connectivity index (χ4v) is 4.49. The lowest BCUT2D eigenvalue weighted by Crippen LogP contribution is -2.56. The van der Waals surface area contributed by atoms with Crippen molar-refractivity contribution >= 4 is 10.2 Å². The molecule has 0 radical (unpaired) electrons. The van der Waals surface area contributed by atoms with E-state index >= 15 is 0 Å². The van der Waals surface area contributed by atoms with Crippen LogP contribution in [0.5, 0.6) is 0 Å². The van der Waals surface area contributed by atoms with Crippen molar-refractivity contribution in [1.29, 1.82) is 0 Å². The van der Waals surface area contributed by atoms with Crippen LogP contribution in [0.25, 0.3) is 0 Å². The minimum absolute atomic E-state index is 0.251. The second kappa shape index (κ2) is 5.22. The molecule has 2 heterocycles. The Hall–Kier alpha value is -0.170. The maximum atomic E-state index is 12.5. The van der Waals surface area contributed by atoms with E-state index < -0.39 is 10.2 Å². The number of nitrogens with one attached hydrogen (secondary N) is 1. The van der Waals surface area contributed by atoms with Crippen LogP contribution >= 0.6 is 0 Å². The van der Waals surface area contributed by atoms with Gasteiger partial charge >= 0.3 is 0 Å². The zero-order valence-electron chi connectivity index (χ0n) is 10.7. The summed E-state index contributed by atoms with van der Waals surface area (Å²) in [6.07, 6.45) is 2.13. The molecule has 2 rings (SSSR count). The molecule has 5 nitrogen and oxygen atoms in total. The highest BCUT2D eigenvalue weighted by Gasteiger charge is 2.34. The Balaban J connectivity index is 2.06. The Labute approximate surface area is 104 Å². The minimum Gasteiger partial charge on any atom is -0.312 e. The zero-order valence-corrected chi connectivity index (χ0v) is 11.5. The van der Waals surface area contributed by atoms with E-state index in [9.17, 15) is 8.42 Å². The van der Waals surface area contributed by atoms with Gasteiger partial charge in [-0.25, -0.2) is 0 Å². The molecule has 6 heteroatoms. The van der Waals surface area contributed by atoms with Gasteiger partial charge in [0, 0.05) is 38.8 Å². The Morgan fingerprint density at radius 3 is 2.47 bits per heavy atom. The van der Waals surface area contributed by atoms with E-state index in [4.69, 9.17) is 0 Å². The molecule has 1 N–H and O–H groups in total. The number of hydrogen-bond acceptors (Lipinski definition) is 3. The molecule has 2 aliphatic rings. The second-order valence-electron chi connectivity index (χ2n) is 5.33. The highest BCUT2D eigenvalue weighted by Crippen LogP contribution is 2.21. The molecule has 2 fully saturated rings. The van der Waals surface area contributed by atoms with Gasteiger partial charge in [-0.05, 0) is 25.7 Å². The normalized spacial score (nSPS) is 33.8. The van der Waals surface area contributed by atoms with Gasteiger partial charge in [-0.2, -0.15) is 17.0 Å². The van der Waals surface area contributed by atoms with Crippen molar-refractivity contribution in [3.05, 3.63) is 0 Å². The van der Waals surface area contributed by atoms with Crippen LogP contribution in [0.15, 0.2) is 0 Å². The molecule has 1 unspecified atom stereocenters. The molecule has 17 heavy (non-hydrogen) atoms. The van der Waals surface area contributed by atoms with Crippen molar-refractivity contribution in [2.45, 2.75) is 32.7 Å². The average Bonchev–Trinajstić information content (AvgIpc) is 2.29. The third kappa shape index (κ3) is 2.99. The molecule has 0 bridgehead atoms. The lowest BCUT2D eigenvalue weighted by molar-refractivity contribution is 0.240. The van der Waals surface area contributed by atoms with Crippen molar-refractivity contribution in [3.63, 3.8) is 0 Å². The van der Waals surface area contributed by atoms with Crippen LogP contribution in [0.4, 0.5) is 0 Å². The van der Waals surface area contributed by atoms with E-state index in [0.717, 1.165) is 19.4 Å². The number of piperazine rings is 1. The summed E-state index contributed by atoms with van der Waals surface area (Å²) in [5.74, 6) is 0.485. The standard InChI is InChI=1S/C11H23N3O2S/c1-10-4-3-6-13(8-10)17(15,16)14-7-5-12-11(2)9-14/h10-12H,3-9H2,1-2H3/t10?,11-/m1/s1. The Morgan fingerprint density at radius 2 is 1.82 bits per heavy atom.